The molecule has 5 unspecified atom stereocenters. The van der Waals surface area contributed by atoms with Crippen LogP contribution in [0.5, 0.6) is 0 Å². The standard InChI is InChI=1S/C46H68FNO5/c1-29(2)32-16-21-46(24-25-48-37(49)26-30-10-12-31(47)13-11-30)23-22-44(8)33(40(32)46)14-15-35-43(7)19-18-36(42(5,6)34(43)17-20-45(35,44)9)53-39(52)28-41(3,4)27-38(50)51/h10-13,32-36,40H,1,14-28H2,2-9H3,(H,48,49)(H,50,51)/t32?,33?,34?,35?,36-,40?,43-,44+,45+,46+/m0/s1. The number of carboxylic acid groups (broad SMARTS) is 1. The van der Waals surface area contributed by atoms with Gasteiger partial charge in [0.1, 0.15) is 11.9 Å². The molecule has 2 N–H and O–H groups in total. The summed E-state index contributed by atoms with van der Waals surface area (Å²) >= 11 is 0. The average molecular weight is 734 g/mol. The molecular weight excluding hydrogens is 666 g/mol. The van der Waals surface area contributed by atoms with Crippen molar-refractivity contribution in [2.45, 2.75) is 151 Å². The van der Waals surface area contributed by atoms with Gasteiger partial charge in [0, 0.05) is 12.0 Å². The van der Waals surface area contributed by atoms with Gasteiger partial charge in [-0.3, -0.25) is 14.4 Å². The van der Waals surface area contributed by atoms with Crippen molar-refractivity contribution < 1.29 is 28.6 Å². The quantitative estimate of drug-likeness (QED) is 0.174. The summed E-state index contributed by atoms with van der Waals surface area (Å²) in [7, 11) is 0. The Morgan fingerprint density at radius 1 is 0.887 bits per heavy atom. The Kier molecular flexibility index (Phi) is 10.6. The summed E-state index contributed by atoms with van der Waals surface area (Å²) in [5, 5.41) is 12.6. The van der Waals surface area contributed by atoms with Gasteiger partial charge >= 0.3 is 11.9 Å². The lowest BCUT2D eigenvalue weighted by molar-refractivity contribution is -0.250. The van der Waals surface area contributed by atoms with Crippen LogP contribution >= 0.6 is 0 Å². The molecule has 0 bridgehead atoms. The van der Waals surface area contributed by atoms with E-state index in [1.54, 1.807) is 12.1 Å². The molecule has 1 amide bonds. The number of fused-ring (bicyclic) bond motifs is 7. The molecule has 5 fully saturated rings. The summed E-state index contributed by atoms with van der Waals surface area (Å²) in [6, 6.07) is 6.23. The van der Waals surface area contributed by atoms with E-state index >= 15 is 0 Å². The van der Waals surface area contributed by atoms with Crippen molar-refractivity contribution >= 4 is 17.8 Å². The first-order valence-electron chi connectivity index (χ1n) is 20.8. The van der Waals surface area contributed by atoms with Crippen LogP contribution in [-0.4, -0.2) is 35.6 Å². The van der Waals surface area contributed by atoms with E-state index in [0.717, 1.165) is 31.2 Å². The Bertz CT molecular complexity index is 1580. The van der Waals surface area contributed by atoms with Crippen LogP contribution in [0.3, 0.4) is 0 Å². The molecule has 1 aromatic carbocycles. The smallest absolute Gasteiger partial charge is 0.306 e. The van der Waals surface area contributed by atoms with Gasteiger partial charge in [0.25, 0.3) is 0 Å². The van der Waals surface area contributed by atoms with E-state index in [2.05, 4.69) is 53.4 Å². The number of carbonyl (C=O) groups excluding carboxylic acids is 2. The van der Waals surface area contributed by atoms with E-state index in [9.17, 15) is 23.9 Å². The maximum absolute atomic E-state index is 13.4. The van der Waals surface area contributed by atoms with Gasteiger partial charge < -0.3 is 15.2 Å². The molecule has 0 heterocycles. The highest BCUT2D eigenvalue weighted by atomic mass is 19.1. The third-order valence-corrected chi connectivity index (χ3v) is 16.9. The van der Waals surface area contributed by atoms with Crippen molar-refractivity contribution in [2.75, 3.05) is 6.54 Å². The minimum atomic E-state index is -0.888. The van der Waals surface area contributed by atoms with E-state index in [1.165, 1.54) is 62.7 Å². The predicted octanol–water partition coefficient (Wildman–Crippen LogP) is 10.3. The number of benzene rings is 1. The van der Waals surface area contributed by atoms with E-state index in [0.29, 0.717) is 36.1 Å². The van der Waals surface area contributed by atoms with Gasteiger partial charge in [0.2, 0.25) is 5.91 Å². The number of aliphatic carboxylic acids is 1. The van der Waals surface area contributed by atoms with E-state index < -0.39 is 11.4 Å². The number of carboxylic acids is 1. The third kappa shape index (κ3) is 7.03. The monoisotopic (exact) mass is 734 g/mol. The highest BCUT2D eigenvalue weighted by Gasteiger charge is 2.71. The predicted molar refractivity (Wildman–Crippen MR) is 207 cm³/mol. The fraction of sp³-hybridized carbons (Fsp3) is 0.761. The molecular formula is C46H68FNO5. The number of hydrogen-bond acceptors (Lipinski definition) is 4. The lowest BCUT2D eigenvalue weighted by atomic mass is 9.32. The molecule has 5 saturated carbocycles. The third-order valence-electron chi connectivity index (χ3n) is 16.9. The van der Waals surface area contributed by atoms with Crippen LogP contribution in [0.1, 0.15) is 144 Å². The first kappa shape index (κ1) is 40.0. The van der Waals surface area contributed by atoms with Crippen LogP contribution in [0.4, 0.5) is 4.39 Å². The summed E-state index contributed by atoms with van der Waals surface area (Å²) in [6.07, 6.45) is 12.7. The lowest BCUT2D eigenvalue weighted by Gasteiger charge is -2.73. The number of nitrogens with one attached hydrogen (secondary N) is 1. The Balaban J connectivity index is 1.18. The molecule has 5 aliphatic carbocycles. The average Bonchev–Trinajstić information content (AvgIpc) is 3.43. The van der Waals surface area contributed by atoms with Crippen LogP contribution in [0.15, 0.2) is 36.4 Å². The maximum atomic E-state index is 13.4. The highest BCUT2D eigenvalue weighted by molar-refractivity contribution is 5.78. The second kappa shape index (κ2) is 14.1. The number of halogens is 1. The molecule has 7 heteroatoms. The van der Waals surface area contributed by atoms with Gasteiger partial charge in [-0.05, 0) is 152 Å². The normalized spacial score (nSPS) is 38.7. The van der Waals surface area contributed by atoms with Crippen LogP contribution in [0, 0.1) is 67.9 Å². The van der Waals surface area contributed by atoms with Crippen molar-refractivity contribution in [2.24, 2.45) is 62.1 Å². The molecule has 6 rings (SSSR count). The van der Waals surface area contributed by atoms with Crippen molar-refractivity contribution in [3.63, 3.8) is 0 Å². The molecule has 0 aliphatic heterocycles. The first-order chi connectivity index (χ1) is 24.7. The Morgan fingerprint density at radius 2 is 1.58 bits per heavy atom. The number of allylic oxidation sites excluding steroid dienone is 1. The number of rotatable bonds is 11. The van der Waals surface area contributed by atoms with Gasteiger partial charge in [-0.15, -0.1) is 0 Å². The van der Waals surface area contributed by atoms with E-state index in [4.69, 9.17) is 4.74 Å². The SMILES string of the molecule is C=C(C)C1CC[C@]2(CCNC(=O)Cc3ccc(F)cc3)CC[C@]3(C)C(CCC4[C@@]5(C)CC[C@H](OC(=O)CC(C)(C)CC(=O)O)C(C)(C)C5CC[C@]43C)C12. The van der Waals surface area contributed by atoms with Crippen LogP contribution in [0.2, 0.25) is 0 Å². The number of carbonyl (C=O) groups is 3. The summed E-state index contributed by atoms with van der Waals surface area (Å²) in [4.78, 5) is 37.6. The number of esters is 1. The maximum Gasteiger partial charge on any atom is 0.306 e. The van der Waals surface area contributed by atoms with Crippen molar-refractivity contribution in [3.05, 3.63) is 47.8 Å². The second-order valence-corrected chi connectivity index (χ2v) is 20.7. The molecule has 0 radical (unpaired) electrons. The largest absolute Gasteiger partial charge is 0.481 e. The molecule has 1 aromatic rings. The molecule has 53 heavy (non-hydrogen) atoms. The Morgan fingerprint density at radius 3 is 2.25 bits per heavy atom. The van der Waals surface area contributed by atoms with Gasteiger partial charge in [-0.1, -0.05) is 72.8 Å². The summed E-state index contributed by atoms with van der Waals surface area (Å²) in [5.74, 6) is 1.33. The molecule has 6 nitrogen and oxygen atoms in total. The highest BCUT2D eigenvalue weighted by Crippen LogP contribution is 2.78. The van der Waals surface area contributed by atoms with Crippen molar-refractivity contribution in [1.82, 2.24) is 5.32 Å². The molecule has 5 aliphatic rings. The molecule has 0 spiro atoms. The molecule has 10 atom stereocenters. The lowest BCUT2D eigenvalue weighted by Crippen LogP contribution is -2.66. The zero-order chi connectivity index (χ0) is 38.8. The van der Waals surface area contributed by atoms with Gasteiger partial charge in [0.05, 0.1) is 19.3 Å². The van der Waals surface area contributed by atoms with Gasteiger partial charge in [0.15, 0.2) is 0 Å². The fourth-order valence-corrected chi connectivity index (χ4v) is 14.3. The van der Waals surface area contributed by atoms with Crippen molar-refractivity contribution in [3.8, 4) is 0 Å². The minimum absolute atomic E-state index is 0.00659. The summed E-state index contributed by atoms with van der Waals surface area (Å²) in [5.41, 5.74) is 2.14. The van der Waals surface area contributed by atoms with Crippen LogP contribution in [0.25, 0.3) is 0 Å². The number of ether oxygens (including phenoxy) is 1. The fourth-order valence-electron chi connectivity index (χ4n) is 14.3. The topological polar surface area (TPSA) is 92.7 Å². The molecule has 0 saturated heterocycles. The summed E-state index contributed by atoms with van der Waals surface area (Å²) < 4.78 is 19.7. The van der Waals surface area contributed by atoms with Gasteiger partial charge in [-0.25, -0.2) is 4.39 Å². The van der Waals surface area contributed by atoms with Crippen LogP contribution < -0.4 is 5.32 Å². The number of amides is 1. The molecule has 0 aromatic heterocycles. The van der Waals surface area contributed by atoms with E-state index in [-0.39, 0.29) is 70.1 Å². The zero-order valence-corrected chi connectivity index (χ0v) is 34.0. The van der Waals surface area contributed by atoms with Crippen molar-refractivity contribution in [1.29, 1.82) is 0 Å². The van der Waals surface area contributed by atoms with Crippen LogP contribution in [-0.2, 0) is 25.5 Å². The van der Waals surface area contributed by atoms with E-state index in [1.807, 2.05) is 13.8 Å². The zero-order valence-electron chi connectivity index (χ0n) is 34.0. The minimum Gasteiger partial charge on any atom is -0.481 e. The summed E-state index contributed by atoms with van der Waals surface area (Å²) in [6.45, 7) is 23.7. The van der Waals surface area contributed by atoms with Gasteiger partial charge in [-0.2, -0.15) is 0 Å². The Hall–Kier alpha value is -2.70. The first-order valence-corrected chi connectivity index (χ1v) is 20.8. The number of hydrogen-bond donors (Lipinski definition) is 2. The Labute approximate surface area is 318 Å². The molecule has 294 valence electrons. The second-order valence-electron chi connectivity index (χ2n) is 20.7.